The summed E-state index contributed by atoms with van der Waals surface area (Å²) in [6.07, 6.45) is 4.57. The first kappa shape index (κ1) is 26.9. The molecule has 1 aromatic carbocycles. The molecule has 204 valence electrons. The molecule has 4 heterocycles. The number of benzene rings is 1. The molecular formula is C25H33N7O4S2. The largest absolute Gasteiger partial charge is 0.378 e. The minimum absolute atomic E-state index is 0.214. The summed E-state index contributed by atoms with van der Waals surface area (Å²) in [7, 11) is -3.50. The van der Waals surface area contributed by atoms with E-state index in [1.165, 1.54) is 16.4 Å². The van der Waals surface area contributed by atoms with Gasteiger partial charge in [-0.15, -0.1) is 0 Å². The molecule has 3 aromatic rings. The van der Waals surface area contributed by atoms with Gasteiger partial charge in [-0.3, -0.25) is 4.79 Å². The quantitative estimate of drug-likeness (QED) is 0.295. The molecule has 0 atom stereocenters. The number of morpholine rings is 1. The Balaban J connectivity index is 1.26. The summed E-state index contributed by atoms with van der Waals surface area (Å²) >= 11 is 1.63. The number of anilines is 1. The van der Waals surface area contributed by atoms with Gasteiger partial charge in [0.05, 0.1) is 36.2 Å². The Bertz CT molecular complexity index is 1370. The summed E-state index contributed by atoms with van der Waals surface area (Å²) in [6, 6.07) is 6.12. The summed E-state index contributed by atoms with van der Waals surface area (Å²) < 4.78 is 34.3. The molecule has 13 heteroatoms. The molecule has 0 aliphatic carbocycles. The molecule has 2 aliphatic rings. The highest BCUT2D eigenvalue weighted by Crippen LogP contribution is 2.28. The van der Waals surface area contributed by atoms with Crippen LogP contribution in [0.15, 0.2) is 40.5 Å². The van der Waals surface area contributed by atoms with E-state index in [2.05, 4.69) is 22.2 Å². The molecule has 0 bridgehead atoms. The summed E-state index contributed by atoms with van der Waals surface area (Å²) in [5.41, 5.74) is 1.15. The Kier molecular flexibility index (Phi) is 8.46. The van der Waals surface area contributed by atoms with E-state index >= 15 is 0 Å². The minimum Gasteiger partial charge on any atom is -0.378 e. The maximum absolute atomic E-state index is 12.7. The Morgan fingerprint density at radius 2 is 1.82 bits per heavy atom. The van der Waals surface area contributed by atoms with Crippen molar-refractivity contribution < 1.29 is 17.9 Å². The second kappa shape index (κ2) is 12.0. The fourth-order valence-electron chi connectivity index (χ4n) is 4.59. The normalized spacial score (nSPS) is 16.8. The maximum atomic E-state index is 12.7. The van der Waals surface area contributed by atoms with E-state index < -0.39 is 10.0 Å². The van der Waals surface area contributed by atoms with Crippen molar-refractivity contribution in [3.8, 4) is 0 Å². The third-order valence-electron chi connectivity index (χ3n) is 6.63. The number of hydrogen-bond donors (Lipinski definition) is 1. The highest BCUT2D eigenvalue weighted by molar-refractivity contribution is 7.99. The van der Waals surface area contributed by atoms with Crippen LogP contribution in [0, 0.1) is 0 Å². The third kappa shape index (κ3) is 5.80. The Hall–Kier alpha value is -2.74. The Labute approximate surface area is 227 Å². The fourth-order valence-corrected chi connectivity index (χ4v) is 6.80. The molecule has 2 fully saturated rings. The lowest BCUT2D eigenvalue weighted by Gasteiger charge is -2.28. The van der Waals surface area contributed by atoms with E-state index in [1.807, 2.05) is 0 Å². The molecule has 11 nitrogen and oxygen atoms in total. The van der Waals surface area contributed by atoms with Gasteiger partial charge in [-0.1, -0.05) is 18.7 Å². The van der Waals surface area contributed by atoms with Gasteiger partial charge in [-0.25, -0.2) is 23.1 Å². The topological polar surface area (TPSA) is 123 Å². The van der Waals surface area contributed by atoms with E-state index in [0.717, 1.165) is 60.1 Å². The van der Waals surface area contributed by atoms with Crippen LogP contribution >= 0.6 is 11.8 Å². The van der Waals surface area contributed by atoms with E-state index in [-0.39, 0.29) is 10.8 Å². The van der Waals surface area contributed by atoms with Crippen molar-refractivity contribution in [2.45, 2.75) is 42.8 Å². The van der Waals surface area contributed by atoms with Crippen molar-refractivity contribution in [3.05, 3.63) is 36.0 Å². The number of hydrogen-bond acceptors (Lipinski definition) is 9. The number of carbonyl (C=O) groups excluding carboxylic acids is 1. The lowest BCUT2D eigenvalue weighted by Crippen LogP contribution is -2.37. The van der Waals surface area contributed by atoms with Gasteiger partial charge in [0.15, 0.2) is 10.8 Å². The first-order chi connectivity index (χ1) is 18.5. The molecule has 1 N–H and O–H groups in total. The number of nitrogens with zero attached hydrogens (tertiary/aromatic N) is 6. The second-order valence-electron chi connectivity index (χ2n) is 9.27. The number of aromatic nitrogens is 4. The van der Waals surface area contributed by atoms with Crippen LogP contribution in [-0.2, 0) is 21.3 Å². The molecule has 0 saturated carbocycles. The molecule has 38 heavy (non-hydrogen) atoms. The standard InChI is InChI=1S/C25H33N7O4S2/c1-2-17-37-25-28-22(30-13-15-36-16-14-30)21-18-27-32(23(21)29-25)12-9-26-24(33)19-5-7-20(8-6-19)38(34,35)31-10-3-4-11-31/h5-8,18H,2-4,9-17H2,1H3,(H,26,33). The van der Waals surface area contributed by atoms with Gasteiger partial charge in [-0.05, 0) is 43.5 Å². The lowest BCUT2D eigenvalue weighted by atomic mass is 10.2. The highest BCUT2D eigenvalue weighted by atomic mass is 32.2. The number of amides is 1. The van der Waals surface area contributed by atoms with Crippen molar-refractivity contribution >= 4 is 44.5 Å². The zero-order chi connectivity index (χ0) is 26.5. The van der Waals surface area contributed by atoms with Crippen LogP contribution < -0.4 is 10.2 Å². The number of fused-ring (bicyclic) bond motifs is 1. The van der Waals surface area contributed by atoms with Crippen LogP contribution in [0.25, 0.3) is 11.0 Å². The second-order valence-corrected chi connectivity index (χ2v) is 12.3. The van der Waals surface area contributed by atoms with Crippen LogP contribution in [0.1, 0.15) is 36.5 Å². The zero-order valence-corrected chi connectivity index (χ0v) is 23.1. The molecule has 0 spiro atoms. The smallest absolute Gasteiger partial charge is 0.251 e. The average molecular weight is 560 g/mol. The van der Waals surface area contributed by atoms with E-state index in [0.29, 0.717) is 45.0 Å². The van der Waals surface area contributed by atoms with Gasteiger partial charge in [0.2, 0.25) is 10.0 Å². The number of thioether (sulfide) groups is 1. The van der Waals surface area contributed by atoms with Gasteiger partial charge in [0.1, 0.15) is 5.82 Å². The Morgan fingerprint density at radius 1 is 1.08 bits per heavy atom. The van der Waals surface area contributed by atoms with Crippen molar-refractivity contribution in [2.75, 3.05) is 56.6 Å². The van der Waals surface area contributed by atoms with E-state index in [9.17, 15) is 13.2 Å². The predicted octanol–water partition coefficient (Wildman–Crippen LogP) is 2.38. The molecule has 5 rings (SSSR count). The molecule has 0 radical (unpaired) electrons. The van der Waals surface area contributed by atoms with Crippen LogP contribution in [0.4, 0.5) is 5.82 Å². The SMILES string of the molecule is CCCSc1nc(N2CCOCC2)c2cnn(CCNC(=O)c3ccc(S(=O)(=O)N4CCCC4)cc3)c2n1. The monoisotopic (exact) mass is 559 g/mol. The Morgan fingerprint density at radius 3 is 2.53 bits per heavy atom. The fraction of sp³-hybridized carbons (Fsp3) is 0.520. The number of rotatable bonds is 10. The molecule has 2 saturated heterocycles. The van der Waals surface area contributed by atoms with Crippen molar-refractivity contribution in [3.63, 3.8) is 0 Å². The summed E-state index contributed by atoms with van der Waals surface area (Å²) in [6.45, 7) is 6.86. The van der Waals surface area contributed by atoms with Gasteiger partial charge in [0.25, 0.3) is 5.91 Å². The maximum Gasteiger partial charge on any atom is 0.251 e. The van der Waals surface area contributed by atoms with E-state index in [4.69, 9.17) is 14.7 Å². The van der Waals surface area contributed by atoms with Gasteiger partial charge in [0, 0.05) is 44.0 Å². The zero-order valence-electron chi connectivity index (χ0n) is 21.5. The first-order valence-electron chi connectivity index (χ1n) is 13.0. The van der Waals surface area contributed by atoms with Crippen LogP contribution in [0.3, 0.4) is 0 Å². The summed E-state index contributed by atoms with van der Waals surface area (Å²) in [5, 5.41) is 9.05. The molecule has 2 aromatic heterocycles. The first-order valence-corrected chi connectivity index (χ1v) is 15.5. The number of carbonyl (C=O) groups is 1. The number of sulfonamides is 1. The number of nitrogens with one attached hydrogen (secondary N) is 1. The lowest BCUT2D eigenvalue weighted by molar-refractivity contribution is 0.0952. The number of ether oxygens (including phenoxy) is 1. The third-order valence-corrected chi connectivity index (χ3v) is 9.60. The summed E-state index contributed by atoms with van der Waals surface area (Å²) in [5.74, 6) is 1.53. The average Bonchev–Trinajstić information content (AvgIpc) is 3.63. The minimum atomic E-state index is -3.50. The van der Waals surface area contributed by atoms with Crippen molar-refractivity contribution in [1.82, 2.24) is 29.4 Å². The van der Waals surface area contributed by atoms with Gasteiger partial charge >= 0.3 is 0 Å². The van der Waals surface area contributed by atoms with Gasteiger partial charge < -0.3 is 15.0 Å². The van der Waals surface area contributed by atoms with Crippen molar-refractivity contribution in [1.29, 1.82) is 0 Å². The predicted molar refractivity (Wildman–Crippen MR) is 146 cm³/mol. The molecule has 0 unspecified atom stereocenters. The van der Waals surface area contributed by atoms with Crippen molar-refractivity contribution in [2.24, 2.45) is 0 Å². The summed E-state index contributed by atoms with van der Waals surface area (Å²) in [4.78, 5) is 24.8. The van der Waals surface area contributed by atoms with Crippen LogP contribution in [-0.4, -0.2) is 90.1 Å². The highest BCUT2D eigenvalue weighted by Gasteiger charge is 2.27. The van der Waals surface area contributed by atoms with Crippen LogP contribution in [0.2, 0.25) is 0 Å². The van der Waals surface area contributed by atoms with E-state index in [1.54, 1.807) is 34.8 Å². The van der Waals surface area contributed by atoms with Gasteiger partial charge in [-0.2, -0.15) is 9.40 Å². The molecular weight excluding hydrogens is 526 g/mol. The molecule has 1 amide bonds. The molecule has 2 aliphatic heterocycles. The van der Waals surface area contributed by atoms with Crippen LogP contribution in [0.5, 0.6) is 0 Å².